The number of oxime groups is 1. The number of alkyl halides is 1. The molecule has 0 bridgehead atoms. The number of esters is 1. The van der Waals surface area contributed by atoms with E-state index in [1.54, 1.807) is 0 Å². The minimum Gasteiger partial charge on any atom is -0.731 e. The summed E-state index contributed by atoms with van der Waals surface area (Å²) in [5.41, 5.74) is -0.446. The van der Waals surface area contributed by atoms with E-state index in [1.807, 2.05) is 0 Å². The Labute approximate surface area is 212 Å². The molecular weight excluding hydrogens is 505 g/mol. The van der Waals surface area contributed by atoms with Crippen LogP contribution in [-0.2, 0) is 39.1 Å². The monoisotopic (exact) mass is 519 g/mol. The number of β-lactam (4-membered cyclic amide) rings is 1. The average Bonchev–Trinajstić information content (AvgIpc) is 3.13. The van der Waals surface area contributed by atoms with E-state index in [9.17, 15) is 32.1 Å². The van der Waals surface area contributed by atoms with E-state index in [-0.39, 0.29) is 50.6 Å². The predicted octanol–water partition coefficient (Wildman–Crippen LogP) is -4.61. The molecule has 1 aromatic heterocycles. The minimum absolute atomic E-state index is 0. The van der Waals surface area contributed by atoms with E-state index in [2.05, 4.69) is 30.3 Å². The van der Waals surface area contributed by atoms with Crippen molar-refractivity contribution in [1.29, 1.82) is 0 Å². The van der Waals surface area contributed by atoms with Gasteiger partial charge in [0, 0.05) is 12.3 Å². The topological polar surface area (TPSA) is 196 Å². The van der Waals surface area contributed by atoms with Crippen molar-refractivity contribution < 1.29 is 71.3 Å². The number of nitrogens with one attached hydrogen (secondary N) is 2. The van der Waals surface area contributed by atoms with Crippen molar-refractivity contribution in [2.75, 3.05) is 24.9 Å². The van der Waals surface area contributed by atoms with Crippen molar-refractivity contribution in [2.24, 2.45) is 5.16 Å². The van der Waals surface area contributed by atoms with Crippen LogP contribution in [0.4, 0.5) is 5.13 Å². The Morgan fingerprint density at radius 3 is 2.59 bits per heavy atom. The molecule has 2 rings (SSSR count). The Bertz CT molecular complexity index is 1030. The molecule has 2 atom stereocenters. The number of nitrogens with zero attached hydrogens (tertiary/aromatic N) is 3. The number of ether oxygens (including phenoxy) is 1. The molecule has 3 amide bonds. The van der Waals surface area contributed by atoms with E-state index in [0.29, 0.717) is 0 Å². The number of aromatic nitrogens is 1. The van der Waals surface area contributed by atoms with Crippen LogP contribution in [0.2, 0.25) is 0 Å². The number of rotatable bonds is 9. The van der Waals surface area contributed by atoms with Gasteiger partial charge in [0.1, 0.15) is 37.4 Å². The van der Waals surface area contributed by atoms with Crippen LogP contribution in [0.1, 0.15) is 12.6 Å². The van der Waals surface area contributed by atoms with Gasteiger partial charge in [0.2, 0.25) is 5.91 Å². The van der Waals surface area contributed by atoms with Crippen LogP contribution >= 0.6 is 22.9 Å². The van der Waals surface area contributed by atoms with Gasteiger partial charge < -0.3 is 24.8 Å². The molecule has 0 aromatic carbocycles. The molecule has 0 aliphatic carbocycles. The molecule has 2 heterocycles. The molecule has 0 saturated carbocycles. The summed E-state index contributed by atoms with van der Waals surface area (Å²) < 4.78 is 38.5. The normalized spacial score (nSPS) is 18.2. The van der Waals surface area contributed by atoms with Crippen molar-refractivity contribution in [3.8, 4) is 0 Å². The Hall–Kier alpha value is -1.82. The van der Waals surface area contributed by atoms with Crippen molar-refractivity contribution in [2.45, 2.75) is 19.0 Å². The van der Waals surface area contributed by atoms with Crippen molar-refractivity contribution in [3.63, 3.8) is 0 Å². The summed E-state index contributed by atoms with van der Waals surface area (Å²) in [6.07, 6.45) is 0. The van der Waals surface area contributed by atoms with Gasteiger partial charge in [-0.3, -0.25) is 19.2 Å². The second-order valence-electron chi connectivity index (χ2n) is 5.76. The number of thiazole rings is 1. The van der Waals surface area contributed by atoms with Gasteiger partial charge in [0.15, 0.2) is 21.1 Å². The summed E-state index contributed by atoms with van der Waals surface area (Å²) in [4.78, 5) is 55.7. The Morgan fingerprint density at radius 1 is 1.41 bits per heavy atom. The molecule has 0 radical (unpaired) electrons. The standard InChI is InChI=1S/C14H16ClN5O9S2.Na/c1-6(21)29-4-8-11(13(24)20(8)31(25,26)27)18-12(23)10(19-28-2)7-5-30-14(16-7)17-9(22)3-15;/h5,8,11H,3-4H2,1-2H3,(H,18,23)(H,16,17,22)(H,25,26,27);/q;+1/p-1. The first-order chi connectivity index (χ1) is 14.5. The maximum Gasteiger partial charge on any atom is 1.00 e. The third-order valence-corrected chi connectivity index (χ3v) is 5.60. The van der Waals surface area contributed by atoms with Gasteiger partial charge in [-0.2, -0.15) is 0 Å². The van der Waals surface area contributed by atoms with Crippen molar-refractivity contribution >= 4 is 67.8 Å². The average molecular weight is 520 g/mol. The molecule has 170 valence electrons. The molecule has 1 saturated heterocycles. The first-order valence-corrected chi connectivity index (χ1v) is 10.9. The Balaban J connectivity index is 0.00000512. The van der Waals surface area contributed by atoms with Crippen molar-refractivity contribution in [1.82, 2.24) is 14.6 Å². The first-order valence-electron chi connectivity index (χ1n) is 8.15. The van der Waals surface area contributed by atoms with Gasteiger partial charge >= 0.3 is 35.5 Å². The smallest absolute Gasteiger partial charge is 0.731 e. The van der Waals surface area contributed by atoms with Gasteiger partial charge in [-0.15, -0.1) is 22.9 Å². The molecule has 1 aliphatic rings. The summed E-state index contributed by atoms with van der Waals surface area (Å²) in [6.45, 7) is 0.395. The van der Waals surface area contributed by atoms with E-state index in [4.69, 9.17) is 11.6 Å². The van der Waals surface area contributed by atoms with Crippen LogP contribution in [0.5, 0.6) is 0 Å². The van der Waals surface area contributed by atoms with Gasteiger partial charge in [0.05, 0.1) is 0 Å². The second-order valence-corrected chi connectivity index (χ2v) is 8.13. The fraction of sp³-hybridized carbons (Fsp3) is 0.429. The molecule has 32 heavy (non-hydrogen) atoms. The summed E-state index contributed by atoms with van der Waals surface area (Å²) in [6, 6.07) is -2.94. The first kappa shape index (κ1) is 28.2. The van der Waals surface area contributed by atoms with E-state index >= 15 is 0 Å². The zero-order valence-corrected chi connectivity index (χ0v) is 21.2. The van der Waals surface area contributed by atoms with Gasteiger partial charge in [-0.25, -0.2) is 17.7 Å². The fourth-order valence-electron chi connectivity index (χ4n) is 2.42. The largest absolute Gasteiger partial charge is 1.00 e. The molecule has 2 N–H and O–H groups in total. The quantitative estimate of drug-likeness (QED) is 0.0609. The number of carbonyl (C=O) groups excluding carboxylic acids is 4. The molecule has 18 heteroatoms. The third kappa shape index (κ3) is 6.84. The Morgan fingerprint density at radius 2 is 2.06 bits per heavy atom. The number of hydrogen-bond donors (Lipinski definition) is 2. The third-order valence-electron chi connectivity index (χ3n) is 3.67. The van der Waals surface area contributed by atoms with E-state index < -0.39 is 58.4 Å². The predicted molar refractivity (Wildman–Crippen MR) is 104 cm³/mol. The van der Waals surface area contributed by atoms with E-state index in [0.717, 1.165) is 25.4 Å². The van der Waals surface area contributed by atoms with E-state index in [1.165, 1.54) is 5.38 Å². The summed E-state index contributed by atoms with van der Waals surface area (Å²) in [5, 5.41) is 9.57. The van der Waals surface area contributed by atoms with Crippen LogP contribution in [-0.4, -0.2) is 83.3 Å². The number of anilines is 1. The van der Waals surface area contributed by atoms with Crippen LogP contribution in [0.3, 0.4) is 0 Å². The fourth-order valence-corrected chi connectivity index (χ4v) is 4.04. The number of carbonyl (C=O) groups is 4. The van der Waals surface area contributed by atoms with Crippen LogP contribution in [0.25, 0.3) is 0 Å². The molecule has 2 unspecified atom stereocenters. The maximum absolute atomic E-state index is 12.6. The molecule has 1 fully saturated rings. The Kier molecular flexibility index (Phi) is 10.5. The molecule has 1 aliphatic heterocycles. The zero-order chi connectivity index (χ0) is 23.3. The molecule has 1 aromatic rings. The van der Waals surface area contributed by atoms with Crippen molar-refractivity contribution in [3.05, 3.63) is 11.1 Å². The second kappa shape index (κ2) is 11.9. The van der Waals surface area contributed by atoms with Crippen LogP contribution in [0, 0.1) is 0 Å². The number of hydrogen-bond acceptors (Lipinski definition) is 12. The van der Waals surface area contributed by atoms with Gasteiger partial charge in [-0.05, 0) is 0 Å². The summed E-state index contributed by atoms with van der Waals surface area (Å²) >= 11 is 6.34. The van der Waals surface area contributed by atoms with Gasteiger partial charge in [-0.1, -0.05) is 5.16 Å². The molecule has 14 nitrogen and oxygen atoms in total. The minimum atomic E-state index is -5.20. The molecular formula is C14H15ClN5NaO9S2. The maximum atomic E-state index is 12.6. The zero-order valence-electron chi connectivity index (χ0n) is 16.9. The van der Waals surface area contributed by atoms with Gasteiger partial charge in [0.25, 0.3) is 11.8 Å². The molecule has 0 spiro atoms. The summed E-state index contributed by atoms with van der Waals surface area (Å²) in [5.74, 6) is -3.86. The number of amides is 3. The van der Waals surface area contributed by atoms with Crippen LogP contribution < -0.4 is 40.2 Å². The summed E-state index contributed by atoms with van der Waals surface area (Å²) in [7, 11) is -4.06. The number of halogens is 1. The van der Waals surface area contributed by atoms with Crippen LogP contribution in [0.15, 0.2) is 10.5 Å². The SMILES string of the molecule is CON=C(C(=O)NC1C(=O)N(S(=O)(=O)[O-])C1COC(C)=O)c1csc(NC(=O)CCl)n1.[Na+].